The topological polar surface area (TPSA) is 88.9 Å². The Balaban J connectivity index is 1.52. The third-order valence-corrected chi connectivity index (χ3v) is 5.43. The van der Waals surface area contributed by atoms with Crippen molar-refractivity contribution in [2.24, 2.45) is 5.92 Å². The molecular formula is C23H27N5O2S. The van der Waals surface area contributed by atoms with E-state index in [4.69, 9.17) is 0 Å². The summed E-state index contributed by atoms with van der Waals surface area (Å²) in [6.45, 7) is 6.57. The van der Waals surface area contributed by atoms with Gasteiger partial charge in [-0.1, -0.05) is 55.9 Å². The number of benzene rings is 2. The minimum absolute atomic E-state index is 0.0157. The third-order valence-electron chi connectivity index (χ3n) is 4.46. The number of nitrogens with one attached hydrogen (secondary N) is 2. The first-order valence-corrected chi connectivity index (χ1v) is 11.2. The molecule has 8 heteroatoms. The van der Waals surface area contributed by atoms with Gasteiger partial charge in [-0.25, -0.2) is 0 Å². The highest BCUT2D eigenvalue weighted by atomic mass is 32.2. The molecule has 3 rings (SSSR count). The number of aryl methyl sites for hydroxylation is 1. The Morgan fingerprint density at radius 1 is 0.935 bits per heavy atom. The van der Waals surface area contributed by atoms with Crippen LogP contribution in [0.15, 0.2) is 59.8 Å². The van der Waals surface area contributed by atoms with Crippen LogP contribution in [0.5, 0.6) is 0 Å². The Morgan fingerprint density at radius 3 is 2.16 bits per heavy atom. The van der Waals surface area contributed by atoms with E-state index in [0.717, 1.165) is 11.4 Å². The average Bonchev–Trinajstić information content (AvgIpc) is 3.07. The summed E-state index contributed by atoms with van der Waals surface area (Å²) in [6, 6.07) is 17.2. The van der Waals surface area contributed by atoms with E-state index in [1.807, 2.05) is 43.5 Å². The van der Waals surface area contributed by atoms with Gasteiger partial charge in [0.25, 0.3) is 0 Å². The zero-order valence-corrected chi connectivity index (χ0v) is 18.8. The van der Waals surface area contributed by atoms with Crippen molar-refractivity contribution in [2.75, 3.05) is 16.4 Å². The van der Waals surface area contributed by atoms with Gasteiger partial charge in [-0.2, -0.15) is 0 Å². The van der Waals surface area contributed by atoms with Crippen LogP contribution in [0, 0.1) is 12.8 Å². The number of carbonyl (C=O) groups is 2. The lowest BCUT2D eigenvalue weighted by atomic mass is 10.1. The summed E-state index contributed by atoms with van der Waals surface area (Å²) in [6.07, 6.45) is 0.476. The molecule has 162 valence electrons. The van der Waals surface area contributed by atoms with Gasteiger partial charge in [0.05, 0.1) is 12.3 Å². The molecule has 2 amide bonds. The van der Waals surface area contributed by atoms with Crippen LogP contribution in [0.3, 0.4) is 0 Å². The zero-order valence-electron chi connectivity index (χ0n) is 18.0. The Hall–Kier alpha value is -3.13. The van der Waals surface area contributed by atoms with E-state index in [1.165, 1.54) is 11.8 Å². The van der Waals surface area contributed by atoms with Crippen molar-refractivity contribution in [3.63, 3.8) is 0 Å². The van der Waals surface area contributed by atoms with Crippen LogP contribution in [-0.2, 0) is 16.1 Å². The molecule has 2 N–H and O–H groups in total. The van der Waals surface area contributed by atoms with E-state index in [2.05, 4.69) is 33.0 Å². The molecule has 0 spiro atoms. The van der Waals surface area contributed by atoms with Crippen molar-refractivity contribution in [3.8, 4) is 0 Å². The summed E-state index contributed by atoms with van der Waals surface area (Å²) in [4.78, 5) is 24.2. The smallest absolute Gasteiger partial charge is 0.234 e. The molecule has 0 aliphatic heterocycles. The standard InChI is InChI=1S/C23H27N5O2S/c1-16(2)13-21(29)24-19-9-11-20(12-10-19)25-22(30)15-31-23-27-26-17(3)28(23)14-18-7-5-4-6-8-18/h4-12,16H,13-15H2,1-3H3,(H,24,29)(H,25,30). The Bertz CT molecular complexity index is 1020. The van der Waals surface area contributed by atoms with Gasteiger partial charge in [0, 0.05) is 17.8 Å². The monoisotopic (exact) mass is 437 g/mol. The predicted octanol–water partition coefficient (Wildman–Crippen LogP) is 4.35. The molecule has 1 aromatic heterocycles. The molecule has 0 aliphatic carbocycles. The number of carbonyl (C=O) groups excluding carboxylic acids is 2. The molecule has 0 saturated heterocycles. The van der Waals surface area contributed by atoms with E-state index < -0.39 is 0 Å². The number of anilines is 2. The lowest BCUT2D eigenvalue weighted by molar-refractivity contribution is -0.117. The Kier molecular flexibility index (Phi) is 7.83. The SMILES string of the molecule is Cc1nnc(SCC(=O)Nc2ccc(NC(=O)CC(C)C)cc2)n1Cc1ccccc1. The molecular weight excluding hydrogens is 410 g/mol. The van der Waals surface area contributed by atoms with Crippen molar-refractivity contribution in [1.82, 2.24) is 14.8 Å². The lowest BCUT2D eigenvalue weighted by Crippen LogP contribution is -2.15. The normalized spacial score (nSPS) is 10.8. The number of amides is 2. The average molecular weight is 438 g/mol. The van der Waals surface area contributed by atoms with Gasteiger partial charge in [0.2, 0.25) is 11.8 Å². The second-order valence-corrected chi connectivity index (χ2v) is 8.60. The third kappa shape index (κ3) is 6.96. The molecule has 0 fully saturated rings. The fourth-order valence-corrected chi connectivity index (χ4v) is 3.75. The van der Waals surface area contributed by atoms with Crippen molar-refractivity contribution in [1.29, 1.82) is 0 Å². The van der Waals surface area contributed by atoms with Crippen LogP contribution in [0.4, 0.5) is 11.4 Å². The van der Waals surface area contributed by atoms with Crippen molar-refractivity contribution in [2.45, 2.75) is 38.9 Å². The molecule has 3 aromatic rings. The summed E-state index contributed by atoms with van der Waals surface area (Å²) >= 11 is 1.35. The predicted molar refractivity (Wildman–Crippen MR) is 124 cm³/mol. The number of aromatic nitrogens is 3. The van der Waals surface area contributed by atoms with Crippen LogP contribution < -0.4 is 10.6 Å². The Labute approximate surface area is 186 Å². The highest BCUT2D eigenvalue weighted by Gasteiger charge is 2.13. The fraction of sp³-hybridized carbons (Fsp3) is 0.304. The minimum Gasteiger partial charge on any atom is -0.326 e. The molecule has 0 bridgehead atoms. The maximum absolute atomic E-state index is 12.4. The van der Waals surface area contributed by atoms with Crippen LogP contribution in [0.1, 0.15) is 31.7 Å². The largest absolute Gasteiger partial charge is 0.326 e. The summed E-state index contributed by atoms with van der Waals surface area (Å²) < 4.78 is 2.00. The van der Waals surface area contributed by atoms with E-state index >= 15 is 0 Å². The molecule has 1 heterocycles. The van der Waals surface area contributed by atoms with E-state index in [-0.39, 0.29) is 17.6 Å². The van der Waals surface area contributed by atoms with Crippen LogP contribution in [0.25, 0.3) is 0 Å². The first-order chi connectivity index (χ1) is 14.9. The zero-order chi connectivity index (χ0) is 22.2. The van der Waals surface area contributed by atoms with Crippen LogP contribution in [-0.4, -0.2) is 32.3 Å². The molecule has 0 aliphatic rings. The summed E-state index contributed by atoms with van der Waals surface area (Å²) in [5.41, 5.74) is 2.54. The van der Waals surface area contributed by atoms with Gasteiger partial charge >= 0.3 is 0 Å². The van der Waals surface area contributed by atoms with Gasteiger partial charge in [-0.15, -0.1) is 10.2 Å². The molecule has 2 aromatic carbocycles. The minimum atomic E-state index is -0.131. The summed E-state index contributed by atoms with van der Waals surface area (Å²) in [5, 5.41) is 14.8. The second-order valence-electron chi connectivity index (χ2n) is 7.66. The van der Waals surface area contributed by atoms with Crippen LogP contribution >= 0.6 is 11.8 Å². The van der Waals surface area contributed by atoms with E-state index in [1.54, 1.807) is 24.3 Å². The van der Waals surface area contributed by atoms with Gasteiger partial charge < -0.3 is 15.2 Å². The van der Waals surface area contributed by atoms with Crippen molar-refractivity contribution >= 4 is 35.0 Å². The van der Waals surface area contributed by atoms with Gasteiger partial charge in [-0.05, 0) is 42.7 Å². The summed E-state index contributed by atoms with van der Waals surface area (Å²) in [5.74, 6) is 1.19. The summed E-state index contributed by atoms with van der Waals surface area (Å²) in [7, 11) is 0. The number of nitrogens with zero attached hydrogens (tertiary/aromatic N) is 3. The molecule has 0 radical (unpaired) electrons. The molecule has 0 saturated carbocycles. The highest BCUT2D eigenvalue weighted by molar-refractivity contribution is 7.99. The molecule has 7 nitrogen and oxygen atoms in total. The Morgan fingerprint density at radius 2 is 1.55 bits per heavy atom. The molecule has 0 unspecified atom stereocenters. The van der Waals surface area contributed by atoms with Crippen molar-refractivity contribution < 1.29 is 9.59 Å². The van der Waals surface area contributed by atoms with Crippen LogP contribution in [0.2, 0.25) is 0 Å². The van der Waals surface area contributed by atoms with E-state index in [0.29, 0.717) is 35.4 Å². The number of thioether (sulfide) groups is 1. The fourth-order valence-electron chi connectivity index (χ4n) is 2.96. The van der Waals surface area contributed by atoms with Crippen molar-refractivity contribution in [3.05, 3.63) is 66.0 Å². The first-order valence-electron chi connectivity index (χ1n) is 10.2. The van der Waals surface area contributed by atoms with Gasteiger partial charge in [0.15, 0.2) is 5.16 Å². The highest BCUT2D eigenvalue weighted by Crippen LogP contribution is 2.20. The molecule has 31 heavy (non-hydrogen) atoms. The maximum Gasteiger partial charge on any atom is 0.234 e. The molecule has 0 atom stereocenters. The number of hydrogen-bond donors (Lipinski definition) is 2. The van der Waals surface area contributed by atoms with Gasteiger partial charge in [0.1, 0.15) is 5.82 Å². The lowest BCUT2D eigenvalue weighted by Gasteiger charge is -2.10. The number of hydrogen-bond acceptors (Lipinski definition) is 5. The number of rotatable bonds is 9. The first kappa shape index (κ1) is 22.6. The second kappa shape index (κ2) is 10.8. The van der Waals surface area contributed by atoms with Gasteiger partial charge in [-0.3, -0.25) is 9.59 Å². The quantitative estimate of drug-likeness (QED) is 0.486. The maximum atomic E-state index is 12.4. The van der Waals surface area contributed by atoms with E-state index in [9.17, 15) is 9.59 Å².